The average Bonchev–Trinajstić information content (AvgIpc) is 2.42. The Labute approximate surface area is 113 Å². The predicted octanol–water partition coefficient (Wildman–Crippen LogP) is 0.969. The van der Waals surface area contributed by atoms with E-state index in [1.807, 2.05) is 37.3 Å². The lowest BCUT2D eigenvalue weighted by molar-refractivity contribution is -0.139. The van der Waals surface area contributed by atoms with Crippen LogP contribution in [0.15, 0.2) is 30.3 Å². The molecule has 1 amide bonds. The maximum absolute atomic E-state index is 11.5. The van der Waals surface area contributed by atoms with E-state index in [-0.39, 0.29) is 18.4 Å². The quantitative estimate of drug-likeness (QED) is 0.685. The fraction of sp³-hybridized carbons (Fsp3) is 0.429. The molecule has 1 unspecified atom stereocenters. The van der Waals surface area contributed by atoms with Crippen LogP contribution in [0, 0.1) is 0 Å². The van der Waals surface area contributed by atoms with E-state index < -0.39 is 12.0 Å². The number of rotatable bonds is 7. The minimum atomic E-state index is -0.967. The van der Waals surface area contributed by atoms with Crippen molar-refractivity contribution in [3.63, 3.8) is 0 Å². The zero-order valence-corrected chi connectivity index (χ0v) is 11.2. The summed E-state index contributed by atoms with van der Waals surface area (Å²) in [5, 5.41) is 14.1. The van der Waals surface area contributed by atoms with Gasteiger partial charge in [0.2, 0.25) is 5.91 Å². The molecule has 0 bridgehead atoms. The number of amides is 1. The van der Waals surface area contributed by atoms with Gasteiger partial charge in [-0.15, -0.1) is 0 Å². The second kappa shape index (κ2) is 7.53. The zero-order chi connectivity index (χ0) is 14.3. The molecule has 1 aromatic rings. The highest BCUT2D eigenvalue weighted by molar-refractivity contribution is 5.79. The summed E-state index contributed by atoms with van der Waals surface area (Å²) < 4.78 is 0. The SMILES string of the molecule is CC(CNC(=O)CN[C@@H](C)C(=O)O)c1ccccc1. The maximum Gasteiger partial charge on any atom is 0.320 e. The molecule has 0 heterocycles. The Morgan fingerprint density at radius 2 is 1.84 bits per heavy atom. The molecular weight excluding hydrogens is 244 g/mol. The molecule has 2 atom stereocenters. The van der Waals surface area contributed by atoms with Crippen LogP contribution in [0.4, 0.5) is 0 Å². The van der Waals surface area contributed by atoms with Crippen LogP contribution in [0.1, 0.15) is 25.3 Å². The summed E-state index contributed by atoms with van der Waals surface area (Å²) in [6, 6.07) is 9.18. The van der Waals surface area contributed by atoms with Crippen LogP contribution in [-0.4, -0.2) is 36.1 Å². The van der Waals surface area contributed by atoms with E-state index in [4.69, 9.17) is 5.11 Å². The number of carboxylic acids is 1. The van der Waals surface area contributed by atoms with Crippen molar-refractivity contribution in [3.8, 4) is 0 Å². The number of aliphatic carboxylic acids is 1. The Morgan fingerprint density at radius 3 is 2.42 bits per heavy atom. The van der Waals surface area contributed by atoms with Crippen LogP contribution < -0.4 is 10.6 Å². The minimum Gasteiger partial charge on any atom is -0.480 e. The summed E-state index contributed by atoms with van der Waals surface area (Å²) in [4.78, 5) is 22.1. The molecule has 0 radical (unpaired) electrons. The first-order chi connectivity index (χ1) is 9.00. The standard InChI is InChI=1S/C14H20N2O3/c1-10(12-6-4-3-5-7-12)8-16-13(17)9-15-11(2)14(18)19/h3-7,10-11,15H,8-9H2,1-2H3,(H,16,17)(H,18,19)/t10?,11-/m0/s1. The van der Waals surface area contributed by atoms with Gasteiger partial charge in [0, 0.05) is 6.54 Å². The number of nitrogens with one attached hydrogen (secondary N) is 2. The highest BCUT2D eigenvalue weighted by Crippen LogP contribution is 2.12. The Balaban J connectivity index is 2.29. The molecule has 19 heavy (non-hydrogen) atoms. The van der Waals surface area contributed by atoms with Crippen molar-refractivity contribution in [2.75, 3.05) is 13.1 Å². The first-order valence-corrected chi connectivity index (χ1v) is 6.28. The molecule has 0 fully saturated rings. The number of benzene rings is 1. The van der Waals surface area contributed by atoms with Crippen molar-refractivity contribution in [3.05, 3.63) is 35.9 Å². The lowest BCUT2D eigenvalue weighted by Crippen LogP contribution is -2.42. The third kappa shape index (κ3) is 5.52. The van der Waals surface area contributed by atoms with E-state index in [9.17, 15) is 9.59 Å². The number of hydrogen-bond acceptors (Lipinski definition) is 3. The third-order valence-electron chi connectivity index (χ3n) is 2.91. The van der Waals surface area contributed by atoms with Crippen molar-refractivity contribution in [2.45, 2.75) is 25.8 Å². The molecular formula is C14H20N2O3. The van der Waals surface area contributed by atoms with Crippen LogP contribution in [-0.2, 0) is 9.59 Å². The number of hydrogen-bond donors (Lipinski definition) is 3. The number of carboxylic acid groups (broad SMARTS) is 1. The van der Waals surface area contributed by atoms with Crippen LogP contribution in [0.2, 0.25) is 0 Å². The molecule has 0 saturated heterocycles. The second-order valence-electron chi connectivity index (χ2n) is 4.56. The van der Waals surface area contributed by atoms with Gasteiger partial charge in [-0.1, -0.05) is 37.3 Å². The summed E-state index contributed by atoms with van der Waals surface area (Å²) in [5.41, 5.74) is 1.16. The van der Waals surface area contributed by atoms with E-state index in [1.165, 1.54) is 6.92 Å². The van der Waals surface area contributed by atoms with E-state index in [2.05, 4.69) is 10.6 Å². The molecule has 0 aliphatic rings. The fourth-order valence-electron chi connectivity index (χ4n) is 1.56. The second-order valence-corrected chi connectivity index (χ2v) is 4.56. The van der Waals surface area contributed by atoms with Crippen LogP contribution >= 0.6 is 0 Å². The van der Waals surface area contributed by atoms with Crippen molar-refractivity contribution in [1.82, 2.24) is 10.6 Å². The van der Waals surface area contributed by atoms with E-state index >= 15 is 0 Å². The Bertz CT molecular complexity index is 420. The van der Waals surface area contributed by atoms with Gasteiger partial charge in [-0.25, -0.2) is 0 Å². The molecule has 0 aliphatic carbocycles. The zero-order valence-electron chi connectivity index (χ0n) is 11.2. The lowest BCUT2D eigenvalue weighted by Gasteiger charge is -2.14. The molecule has 5 heteroatoms. The molecule has 104 valence electrons. The molecule has 1 rings (SSSR count). The van der Waals surface area contributed by atoms with Crippen LogP contribution in [0.3, 0.4) is 0 Å². The Kier molecular flexibility index (Phi) is 6.02. The van der Waals surface area contributed by atoms with Crippen molar-refractivity contribution in [2.24, 2.45) is 0 Å². The summed E-state index contributed by atoms with van der Waals surface area (Å²) >= 11 is 0. The van der Waals surface area contributed by atoms with Gasteiger partial charge in [0.05, 0.1) is 6.54 Å². The maximum atomic E-state index is 11.5. The third-order valence-corrected chi connectivity index (χ3v) is 2.91. The largest absolute Gasteiger partial charge is 0.480 e. The van der Waals surface area contributed by atoms with Gasteiger partial charge in [-0.05, 0) is 18.4 Å². The monoisotopic (exact) mass is 264 g/mol. The van der Waals surface area contributed by atoms with Gasteiger partial charge in [-0.2, -0.15) is 0 Å². The van der Waals surface area contributed by atoms with E-state index in [1.54, 1.807) is 0 Å². The first kappa shape index (κ1) is 15.2. The molecule has 0 aromatic heterocycles. The minimum absolute atomic E-state index is 0.00891. The van der Waals surface area contributed by atoms with Crippen molar-refractivity contribution < 1.29 is 14.7 Å². The summed E-state index contributed by atoms with van der Waals surface area (Å²) in [5.74, 6) is -0.941. The van der Waals surface area contributed by atoms with Gasteiger partial charge in [-0.3, -0.25) is 14.9 Å². The van der Waals surface area contributed by atoms with Gasteiger partial charge in [0.15, 0.2) is 0 Å². The Hall–Kier alpha value is -1.88. The van der Waals surface area contributed by atoms with Gasteiger partial charge < -0.3 is 10.4 Å². The number of carbonyl (C=O) groups is 2. The van der Waals surface area contributed by atoms with Crippen molar-refractivity contribution in [1.29, 1.82) is 0 Å². The fourth-order valence-corrected chi connectivity index (χ4v) is 1.56. The van der Waals surface area contributed by atoms with Crippen molar-refractivity contribution >= 4 is 11.9 Å². The van der Waals surface area contributed by atoms with Gasteiger partial charge in [0.1, 0.15) is 6.04 Å². The molecule has 5 nitrogen and oxygen atoms in total. The number of carbonyl (C=O) groups excluding carboxylic acids is 1. The highest BCUT2D eigenvalue weighted by atomic mass is 16.4. The summed E-state index contributed by atoms with van der Waals surface area (Å²) in [6.07, 6.45) is 0. The normalized spacial score (nSPS) is 13.6. The average molecular weight is 264 g/mol. The van der Waals surface area contributed by atoms with E-state index in [0.717, 1.165) is 5.56 Å². The first-order valence-electron chi connectivity index (χ1n) is 6.28. The topological polar surface area (TPSA) is 78.4 Å². The van der Waals surface area contributed by atoms with Gasteiger partial charge >= 0.3 is 5.97 Å². The van der Waals surface area contributed by atoms with Crippen LogP contribution in [0.5, 0.6) is 0 Å². The molecule has 0 spiro atoms. The summed E-state index contributed by atoms with van der Waals surface area (Å²) in [6.45, 7) is 4.08. The molecule has 0 saturated carbocycles. The van der Waals surface area contributed by atoms with Gasteiger partial charge in [0.25, 0.3) is 0 Å². The van der Waals surface area contributed by atoms with E-state index in [0.29, 0.717) is 6.54 Å². The predicted molar refractivity (Wildman–Crippen MR) is 73.0 cm³/mol. The molecule has 3 N–H and O–H groups in total. The lowest BCUT2D eigenvalue weighted by atomic mass is 10.0. The smallest absolute Gasteiger partial charge is 0.320 e. The molecule has 0 aliphatic heterocycles. The highest BCUT2D eigenvalue weighted by Gasteiger charge is 2.12. The van der Waals surface area contributed by atoms with Crippen LogP contribution in [0.25, 0.3) is 0 Å². The summed E-state index contributed by atoms with van der Waals surface area (Å²) in [7, 11) is 0. The molecule has 1 aromatic carbocycles. The Morgan fingerprint density at radius 1 is 1.21 bits per heavy atom.